The summed E-state index contributed by atoms with van der Waals surface area (Å²) < 4.78 is 25.2. The summed E-state index contributed by atoms with van der Waals surface area (Å²) in [6.07, 6.45) is 1.54. The molecule has 1 aliphatic rings. The first-order valence-electron chi connectivity index (χ1n) is 7.77. The second-order valence-corrected chi connectivity index (χ2v) is 9.40. The summed E-state index contributed by atoms with van der Waals surface area (Å²) >= 11 is 0. The van der Waals surface area contributed by atoms with Crippen molar-refractivity contribution in [3.8, 4) is 0 Å². The molecule has 1 heterocycles. The molecule has 22 heavy (non-hydrogen) atoms. The summed E-state index contributed by atoms with van der Waals surface area (Å²) in [5.41, 5.74) is -0.0377. The number of nitrogens with zero attached hydrogens (tertiary/aromatic N) is 1. The third-order valence-electron chi connectivity index (χ3n) is 3.99. The van der Waals surface area contributed by atoms with Gasteiger partial charge in [-0.1, -0.05) is 39.0 Å². The fraction of sp³-hybridized carbons (Fsp3) is 0.588. The van der Waals surface area contributed by atoms with Crippen LogP contribution in [0.1, 0.15) is 40.0 Å². The number of rotatable bonds is 3. The zero-order valence-electron chi connectivity index (χ0n) is 13.6. The summed E-state index contributed by atoms with van der Waals surface area (Å²) in [5, 5.41) is -0.381. The summed E-state index contributed by atoms with van der Waals surface area (Å²) in [6, 6.07) is 8.59. The second kappa shape index (κ2) is 6.41. The largest absolute Gasteiger partial charge is 0.343 e. The van der Waals surface area contributed by atoms with Crippen molar-refractivity contribution in [3.63, 3.8) is 0 Å². The SMILES string of the molecule is CC(C)(C)CC(=O)N1CCC(S(=O)(=O)c2ccccc2)CC1. The number of amides is 1. The fourth-order valence-corrected chi connectivity index (χ4v) is 4.54. The lowest BCUT2D eigenvalue weighted by molar-refractivity contribution is -0.133. The van der Waals surface area contributed by atoms with E-state index >= 15 is 0 Å². The molecule has 0 radical (unpaired) electrons. The minimum Gasteiger partial charge on any atom is -0.343 e. The van der Waals surface area contributed by atoms with E-state index in [0.717, 1.165) is 0 Å². The molecule has 0 atom stereocenters. The van der Waals surface area contributed by atoms with Gasteiger partial charge >= 0.3 is 0 Å². The van der Waals surface area contributed by atoms with Crippen LogP contribution < -0.4 is 0 Å². The first-order valence-corrected chi connectivity index (χ1v) is 9.31. The second-order valence-electron chi connectivity index (χ2n) is 7.18. The Morgan fingerprint density at radius 1 is 1.14 bits per heavy atom. The highest BCUT2D eigenvalue weighted by Gasteiger charge is 2.33. The molecule has 122 valence electrons. The normalized spacial score (nSPS) is 17.5. The molecule has 1 aliphatic heterocycles. The summed E-state index contributed by atoms with van der Waals surface area (Å²) in [7, 11) is -3.28. The van der Waals surface area contributed by atoms with Gasteiger partial charge in [0.05, 0.1) is 10.1 Å². The Morgan fingerprint density at radius 2 is 1.68 bits per heavy atom. The van der Waals surface area contributed by atoms with Crippen molar-refractivity contribution in [3.05, 3.63) is 30.3 Å². The van der Waals surface area contributed by atoms with Gasteiger partial charge < -0.3 is 4.90 Å². The quantitative estimate of drug-likeness (QED) is 0.859. The Labute approximate surface area is 133 Å². The van der Waals surface area contributed by atoms with Gasteiger partial charge in [0.2, 0.25) is 5.91 Å². The van der Waals surface area contributed by atoms with Crippen molar-refractivity contribution in [2.24, 2.45) is 5.41 Å². The number of benzene rings is 1. The van der Waals surface area contributed by atoms with Crippen molar-refractivity contribution in [2.45, 2.75) is 50.2 Å². The van der Waals surface area contributed by atoms with E-state index in [1.807, 2.05) is 31.7 Å². The topological polar surface area (TPSA) is 54.5 Å². The van der Waals surface area contributed by atoms with Gasteiger partial charge in [-0.15, -0.1) is 0 Å². The molecule has 4 nitrogen and oxygen atoms in total. The van der Waals surface area contributed by atoms with Crippen molar-refractivity contribution in [1.29, 1.82) is 0 Å². The zero-order chi connectivity index (χ0) is 16.4. The van der Waals surface area contributed by atoms with Crippen molar-refractivity contribution >= 4 is 15.7 Å². The highest BCUT2D eigenvalue weighted by atomic mass is 32.2. The summed E-state index contributed by atoms with van der Waals surface area (Å²) in [4.78, 5) is 14.4. The van der Waals surface area contributed by atoms with E-state index in [9.17, 15) is 13.2 Å². The van der Waals surface area contributed by atoms with Crippen LogP contribution >= 0.6 is 0 Å². The van der Waals surface area contributed by atoms with E-state index in [0.29, 0.717) is 37.2 Å². The number of sulfone groups is 1. The van der Waals surface area contributed by atoms with E-state index in [2.05, 4.69) is 0 Å². The Hall–Kier alpha value is -1.36. The number of hydrogen-bond acceptors (Lipinski definition) is 3. The molecule has 0 unspecified atom stereocenters. The first-order chi connectivity index (χ1) is 10.2. The molecular weight excluding hydrogens is 298 g/mol. The Bertz CT molecular complexity index is 609. The van der Waals surface area contributed by atoms with Gasteiger partial charge in [0.1, 0.15) is 0 Å². The number of carbonyl (C=O) groups is 1. The van der Waals surface area contributed by atoms with Gasteiger partial charge in [0.15, 0.2) is 9.84 Å². The van der Waals surface area contributed by atoms with Crippen LogP contribution in [0, 0.1) is 5.41 Å². The van der Waals surface area contributed by atoms with E-state index in [4.69, 9.17) is 0 Å². The predicted molar refractivity (Wildman–Crippen MR) is 87.3 cm³/mol. The van der Waals surface area contributed by atoms with Crippen LogP contribution in [-0.4, -0.2) is 37.6 Å². The lowest BCUT2D eigenvalue weighted by atomic mass is 9.91. The van der Waals surface area contributed by atoms with E-state index < -0.39 is 9.84 Å². The average Bonchev–Trinajstić information content (AvgIpc) is 2.46. The monoisotopic (exact) mass is 323 g/mol. The van der Waals surface area contributed by atoms with Crippen LogP contribution in [0.3, 0.4) is 0 Å². The smallest absolute Gasteiger partial charge is 0.223 e. The van der Waals surface area contributed by atoms with Crippen LogP contribution in [-0.2, 0) is 14.6 Å². The van der Waals surface area contributed by atoms with Crippen LogP contribution in [0.2, 0.25) is 0 Å². The number of piperidine rings is 1. The predicted octanol–water partition coefficient (Wildman–Crippen LogP) is 2.89. The minimum absolute atomic E-state index is 0.0377. The lowest BCUT2D eigenvalue weighted by Crippen LogP contribution is -2.43. The van der Waals surface area contributed by atoms with E-state index in [1.54, 1.807) is 24.3 Å². The maximum absolute atomic E-state index is 12.6. The highest BCUT2D eigenvalue weighted by Crippen LogP contribution is 2.26. The first kappa shape index (κ1) is 17.0. The molecule has 2 rings (SSSR count). The van der Waals surface area contributed by atoms with Gasteiger partial charge in [-0.2, -0.15) is 0 Å². The number of carbonyl (C=O) groups excluding carboxylic acids is 1. The van der Waals surface area contributed by atoms with Gasteiger partial charge in [0, 0.05) is 19.5 Å². The maximum atomic E-state index is 12.6. The fourth-order valence-electron chi connectivity index (χ4n) is 2.78. The van der Waals surface area contributed by atoms with Crippen molar-refractivity contribution in [2.75, 3.05) is 13.1 Å². The molecule has 0 bridgehead atoms. The van der Waals surface area contributed by atoms with Crippen LogP contribution in [0.15, 0.2) is 35.2 Å². The van der Waals surface area contributed by atoms with Gasteiger partial charge in [-0.25, -0.2) is 8.42 Å². The van der Waals surface area contributed by atoms with Crippen LogP contribution in [0.5, 0.6) is 0 Å². The van der Waals surface area contributed by atoms with E-state index in [1.165, 1.54) is 0 Å². The molecule has 1 saturated heterocycles. The van der Waals surface area contributed by atoms with Gasteiger partial charge in [-0.3, -0.25) is 4.79 Å². The van der Waals surface area contributed by atoms with Crippen molar-refractivity contribution in [1.82, 2.24) is 4.90 Å². The highest BCUT2D eigenvalue weighted by molar-refractivity contribution is 7.92. The lowest BCUT2D eigenvalue weighted by Gasteiger charge is -2.33. The molecule has 0 aliphatic carbocycles. The van der Waals surface area contributed by atoms with E-state index in [-0.39, 0.29) is 16.6 Å². The Morgan fingerprint density at radius 3 is 2.18 bits per heavy atom. The zero-order valence-corrected chi connectivity index (χ0v) is 14.4. The molecule has 0 aromatic heterocycles. The number of hydrogen-bond donors (Lipinski definition) is 0. The molecular formula is C17H25NO3S. The molecule has 0 spiro atoms. The molecule has 0 saturated carbocycles. The molecule has 1 aromatic carbocycles. The number of likely N-dealkylation sites (tertiary alicyclic amines) is 1. The maximum Gasteiger partial charge on any atom is 0.223 e. The van der Waals surface area contributed by atoms with Crippen LogP contribution in [0.4, 0.5) is 0 Å². The Balaban J connectivity index is 1.99. The molecule has 0 N–H and O–H groups in total. The van der Waals surface area contributed by atoms with Gasteiger partial charge in [0.25, 0.3) is 0 Å². The third kappa shape index (κ3) is 4.09. The van der Waals surface area contributed by atoms with Crippen LogP contribution in [0.25, 0.3) is 0 Å². The molecule has 1 fully saturated rings. The molecule has 5 heteroatoms. The standard InChI is InChI=1S/C17H25NO3S/c1-17(2,3)13-16(19)18-11-9-15(10-12-18)22(20,21)14-7-5-4-6-8-14/h4-8,15H,9-13H2,1-3H3. The van der Waals surface area contributed by atoms with Crippen molar-refractivity contribution < 1.29 is 13.2 Å². The van der Waals surface area contributed by atoms with Gasteiger partial charge in [-0.05, 0) is 30.4 Å². The third-order valence-corrected chi connectivity index (χ3v) is 6.27. The molecule has 1 amide bonds. The summed E-state index contributed by atoms with van der Waals surface area (Å²) in [5.74, 6) is 0.128. The minimum atomic E-state index is -3.28. The Kier molecular flexibility index (Phi) is 4.95. The molecule has 1 aromatic rings. The average molecular weight is 323 g/mol. The summed E-state index contributed by atoms with van der Waals surface area (Å²) in [6.45, 7) is 7.18.